The van der Waals surface area contributed by atoms with Crippen LogP contribution in [0.4, 0.5) is 4.39 Å². The molecule has 0 aliphatic carbocycles. The predicted molar refractivity (Wildman–Crippen MR) is 114 cm³/mol. The van der Waals surface area contributed by atoms with E-state index in [0.717, 1.165) is 5.56 Å². The number of aryl methyl sites for hydroxylation is 1. The smallest absolute Gasteiger partial charge is 0.257 e. The van der Waals surface area contributed by atoms with Crippen LogP contribution in [0.2, 0.25) is 0 Å². The normalized spacial score (nSPS) is 10.7. The number of hydrogen-bond donors (Lipinski definition) is 2. The topological polar surface area (TPSA) is 93.4 Å². The van der Waals surface area contributed by atoms with Crippen molar-refractivity contribution in [1.82, 2.24) is 14.9 Å². The molecule has 0 aliphatic heterocycles. The van der Waals surface area contributed by atoms with Crippen LogP contribution in [-0.4, -0.2) is 34.3 Å². The summed E-state index contributed by atoms with van der Waals surface area (Å²) in [7, 11) is 1.58. The van der Waals surface area contributed by atoms with E-state index >= 15 is 0 Å². The van der Waals surface area contributed by atoms with Gasteiger partial charge in [-0.25, -0.2) is 9.37 Å². The van der Waals surface area contributed by atoms with Gasteiger partial charge in [0.15, 0.2) is 0 Å². The average molecular weight is 425 g/mol. The minimum atomic E-state index is -0.413. The van der Waals surface area contributed by atoms with E-state index in [9.17, 15) is 19.1 Å². The van der Waals surface area contributed by atoms with Gasteiger partial charge in [-0.15, -0.1) is 0 Å². The Labute approximate surface area is 179 Å². The first-order valence-electron chi connectivity index (χ1n) is 9.79. The quantitative estimate of drug-likeness (QED) is 0.577. The highest BCUT2D eigenvalue weighted by atomic mass is 19.1. The number of carbonyl (C=O) groups is 1. The van der Waals surface area contributed by atoms with Crippen LogP contribution >= 0.6 is 0 Å². The van der Waals surface area contributed by atoms with Crippen molar-refractivity contribution in [3.05, 3.63) is 81.5 Å². The van der Waals surface area contributed by atoms with Gasteiger partial charge in [0.05, 0.1) is 7.11 Å². The van der Waals surface area contributed by atoms with E-state index in [2.05, 4.69) is 10.3 Å². The Morgan fingerprint density at radius 3 is 2.45 bits per heavy atom. The summed E-state index contributed by atoms with van der Waals surface area (Å²) in [5, 5.41) is 12.1. The lowest BCUT2D eigenvalue weighted by Gasteiger charge is -2.16. The van der Waals surface area contributed by atoms with E-state index in [1.165, 1.54) is 28.8 Å². The highest BCUT2D eigenvalue weighted by molar-refractivity contribution is 5.76. The maximum Gasteiger partial charge on any atom is 0.257 e. The van der Waals surface area contributed by atoms with Gasteiger partial charge in [-0.1, -0.05) is 12.1 Å². The monoisotopic (exact) mass is 425 g/mol. The van der Waals surface area contributed by atoms with Crippen LogP contribution in [0, 0.1) is 12.7 Å². The summed E-state index contributed by atoms with van der Waals surface area (Å²) in [5.41, 5.74) is 1.80. The highest BCUT2D eigenvalue weighted by Gasteiger charge is 2.17. The number of rotatable bonds is 8. The molecule has 2 N–H and O–H groups in total. The van der Waals surface area contributed by atoms with Gasteiger partial charge in [-0.3, -0.25) is 14.2 Å². The first-order chi connectivity index (χ1) is 14.9. The van der Waals surface area contributed by atoms with Crippen molar-refractivity contribution in [3.63, 3.8) is 0 Å². The summed E-state index contributed by atoms with van der Waals surface area (Å²) in [5.74, 6) is 0.196. The first-order valence-corrected chi connectivity index (χ1v) is 9.79. The van der Waals surface area contributed by atoms with Crippen LogP contribution in [0.25, 0.3) is 11.4 Å². The molecule has 0 atom stereocenters. The number of hydrogen-bond acceptors (Lipinski definition) is 5. The largest absolute Gasteiger partial charge is 0.497 e. The average Bonchev–Trinajstić information content (AvgIpc) is 2.78. The van der Waals surface area contributed by atoms with Gasteiger partial charge in [0.25, 0.3) is 5.56 Å². The van der Waals surface area contributed by atoms with Crippen LogP contribution in [0.3, 0.4) is 0 Å². The molecule has 0 saturated heterocycles. The lowest BCUT2D eigenvalue weighted by molar-refractivity contribution is -0.121. The Kier molecular flexibility index (Phi) is 7.15. The summed E-state index contributed by atoms with van der Waals surface area (Å²) in [6.45, 7) is 1.49. The van der Waals surface area contributed by atoms with Crippen molar-refractivity contribution in [2.45, 2.75) is 26.4 Å². The maximum atomic E-state index is 13.4. The molecule has 0 aliphatic rings. The molecule has 0 saturated carbocycles. The number of aromatic nitrogens is 2. The number of aliphatic hydroxyl groups excluding tert-OH is 1. The molecule has 7 nitrogen and oxygen atoms in total. The number of ether oxygens (including phenoxy) is 1. The summed E-state index contributed by atoms with van der Waals surface area (Å²) in [6, 6.07) is 12.8. The number of methoxy groups -OCH3 is 1. The second kappa shape index (κ2) is 9.99. The molecule has 2 aromatic carbocycles. The molecular weight excluding hydrogens is 401 g/mol. The molecule has 31 heavy (non-hydrogen) atoms. The number of nitrogens with one attached hydrogen (secondary N) is 1. The third-order valence-electron chi connectivity index (χ3n) is 4.88. The van der Waals surface area contributed by atoms with Gasteiger partial charge in [0.2, 0.25) is 5.91 Å². The third-order valence-corrected chi connectivity index (χ3v) is 4.88. The predicted octanol–water partition coefficient (Wildman–Crippen LogP) is 2.22. The summed E-state index contributed by atoms with van der Waals surface area (Å²) in [4.78, 5) is 30.2. The number of benzene rings is 2. The molecule has 0 unspecified atom stereocenters. The second-order valence-electron chi connectivity index (χ2n) is 7.00. The standard InChI is InChI=1S/C23H24FN3O4/c1-15-20(11-12-28)23(30)27(22(26-15)17-5-7-18(24)8-6-17)14-21(29)25-13-16-3-9-19(31-2)10-4-16/h3-10,28H,11-14H2,1-2H3,(H,25,29). The lowest BCUT2D eigenvalue weighted by Crippen LogP contribution is -2.35. The molecule has 1 aromatic heterocycles. The Balaban J connectivity index is 1.88. The van der Waals surface area contributed by atoms with E-state index in [1.54, 1.807) is 26.2 Å². The fourth-order valence-corrected chi connectivity index (χ4v) is 3.21. The molecule has 1 amide bonds. The van der Waals surface area contributed by atoms with Crippen molar-refractivity contribution in [2.75, 3.05) is 13.7 Å². The van der Waals surface area contributed by atoms with E-state index < -0.39 is 11.4 Å². The lowest BCUT2D eigenvalue weighted by atomic mass is 10.1. The van der Waals surface area contributed by atoms with Crippen molar-refractivity contribution in [3.8, 4) is 17.1 Å². The zero-order valence-corrected chi connectivity index (χ0v) is 17.4. The van der Waals surface area contributed by atoms with Crippen molar-refractivity contribution >= 4 is 5.91 Å². The zero-order chi connectivity index (χ0) is 22.4. The zero-order valence-electron chi connectivity index (χ0n) is 17.4. The Morgan fingerprint density at radius 1 is 1.16 bits per heavy atom. The Bertz CT molecular complexity index is 1110. The first kappa shape index (κ1) is 22.2. The Morgan fingerprint density at radius 2 is 1.84 bits per heavy atom. The van der Waals surface area contributed by atoms with Gasteiger partial charge in [0.1, 0.15) is 23.9 Å². The minimum Gasteiger partial charge on any atom is -0.497 e. The van der Waals surface area contributed by atoms with E-state index in [0.29, 0.717) is 22.6 Å². The van der Waals surface area contributed by atoms with Crippen LogP contribution in [-0.2, 0) is 24.3 Å². The molecule has 3 rings (SSSR count). The molecule has 162 valence electrons. The Hall–Kier alpha value is -3.52. The summed E-state index contributed by atoms with van der Waals surface area (Å²) in [6.07, 6.45) is 0.134. The number of amides is 1. The van der Waals surface area contributed by atoms with Gasteiger partial charge in [-0.2, -0.15) is 0 Å². The third kappa shape index (κ3) is 5.35. The van der Waals surface area contributed by atoms with Crippen molar-refractivity contribution in [1.29, 1.82) is 0 Å². The molecule has 8 heteroatoms. The van der Waals surface area contributed by atoms with E-state index in [4.69, 9.17) is 4.74 Å². The molecule has 0 bridgehead atoms. The highest BCUT2D eigenvalue weighted by Crippen LogP contribution is 2.18. The van der Waals surface area contributed by atoms with Gasteiger partial charge in [0, 0.05) is 36.4 Å². The molecule has 0 radical (unpaired) electrons. The fraction of sp³-hybridized carbons (Fsp3) is 0.261. The van der Waals surface area contributed by atoms with Gasteiger partial charge < -0.3 is 15.2 Å². The molecule has 1 heterocycles. The van der Waals surface area contributed by atoms with Crippen LogP contribution in [0.1, 0.15) is 16.8 Å². The number of nitrogens with zero attached hydrogens (tertiary/aromatic N) is 2. The van der Waals surface area contributed by atoms with Crippen LogP contribution in [0.15, 0.2) is 53.3 Å². The molecular formula is C23H24FN3O4. The van der Waals surface area contributed by atoms with E-state index in [-0.39, 0.29) is 37.8 Å². The minimum absolute atomic E-state index is 0.134. The molecule has 0 spiro atoms. The van der Waals surface area contributed by atoms with Crippen molar-refractivity contribution < 1.29 is 19.0 Å². The van der Waals surface area contributed by atoms with E-state index in [1.807, 2.05) is 12.1 Å². The molecule has 3 aromatic rings. The van der Waals surface area contributed by atoms with Gasteiger partial charge in [-0.05, 0) is 48.9 Å². The summed E-state index contributed by atoms with van der Waals surface area (Å²) < 4.78 is 19.7. The van der Waals surface area contributed by atoms with Gasteiger partial charge >= 0.3 is 0 Å². The second-order valence-corrected chi connectivity index (χ2v) is 7.00. The SMILES string of the molecule is COc1ccc(CNC(=O)Cn2c(-c3ccc(F)cc3)nc(C)c(CCO)c2=O)cc1. The molecule has 0 fully saturated rings. The maximum absolute atomic E-state index is 13.4. The van der Waals surface area contributed by atoms with Crippen LogP contribution < -0.4 is 15.6 Å². The number of aliphatic hydroxyl groups is 1. The van der Waals surface area contributed by atoms with Crippen molar-refractivity contribution in [2.24, 2.45) is 0 Å². The number of carbonyl (C=O) groups excluding carboxylic acids is 1. The van der Waals surface area contributed by atoms with Crippen LogP contribution in [0.5, 0.6) is 5.75 Å². The fourth-order valence-electron chi connectivity index (χ4n) is 3.21. The summed E-state index contributed by atoms with van der Waals surface area (Å²) >= 11 is 0. The number of halogens is 1.